The SMILES string of the molecule is CN=C(NCCCc1nc2ccccc2[nH]1)N1CCC(C(=O)OC)CC1.I. The minimum absolute atomic E-state index is 0. The van der Waals surface area contributed by atoms with Crippen LogP contribution in [0.15, 0.2) is 29.3 Å². The fourth-order valence-electron chi connectivity index (χ4n) is 3.41. The molecule has 3 rings (SSSR count). The number of methoxy groups -OCH3 is 1. The number of guanidine groups is 1. The number of halogens is 1. The van der Waals surface area contributed by atoms with Gasteiger partial charge in [0.15, 0.2) is 5.96 Å². The molecule has 1 aromatic carbocycles. The van der Waals surface area contributed by atoms with E-state index >= 15 is 0 Å². The molecule has 0 amide bonds. The summed E-state index contributed by atoms with van der Waals surface area (Å²) in [6.07, 6.45) is 3.49. The zero-order valence-electron chi connectivity index (χ0n) is 15.9. The molecule has 1 aliphatic rings. The second kappa shape index (κ2) is 10.5. The van der Waals surface area contributed by atoms with Crippen molar-refractivity contribution >= 4 is 46.9 Å². The van der Waals surface area contributed by atoms with Gasteiger partial charge in [-0.25, -0.2) is 4.98 Å². The van der Waals surface area contributed by atoms with Gasteiger partial charge in [0, 0.05) is 33.1 Å². The summed E-state index contributed by atoms with van der Waals surface area (Å²) in [4.78, 5) is 26.2. The zero-order valence-corrected chi connectivity index (χ0v) is 18.2. The van der Waals surface area contributed by atoms with Crippen LogP contribution in [0.2, 0.25) is 0 Å². The molecule has 2 N–H and O–H groups in total. The molecule has 1 fully saturated rings. The largest absolute Gasteiger partial charge is 0.469 e. The summed E-state index contributed by atoms with van der Waals surface area (Å²) in [5, 5.41) is 3.42. The first-order valence-corrected chi connectivity index (χ1v) is 9.18. The molecule has 2 aromatic rings. The number of imidazole rings is 1. The molecule has 0 unspecified atom stereocenters. The van der Waals surface area contributed by atoms with E-state index in [9.17, 15) is 4.79 Å². The number of para-hydroxylation sites is 2. The molecule has 8 heteroatoms. The van der Waals surface area contributed by atoms with E-state index in [2.05, 4.69) is 25.2 Å². The maximum absolute atomic E-state index is 11.6. The van der Waals surface area contributed by atoms with Gasteiger partial charge in [-0.15, -0.1) is 24.0 Å². The number of rotatable bonds is 5. The number of carbonyl (C=O) groups excluding carboxylic acids is 1. The lowest BCUT2D eigenvalue weighted by Crippen LogP contribution is -2.46. The number of fused-ring (bicyclic) bond motifs is 1. The van der Waals surface area contributed by atoms with E-state index in [0.717, 1.165) is 68.1 Å². The molecule has 7 nitrogen and oxygen atoms in total. The molecule has 0 spiro atoms. The Kier molecular flexibility index (Phi) is 8.33. The van der Waals surface area contributed by atoms with Gasteiger partial charge in [0.25, 0.3) is 0 Å². The molecule has 0 saturated carbocycles. The van der Waals surface area contributed by atoms with Crippen LogP contribution < -0.4 is 5.32 Å². The van der Waals surface area contributed by atoms with Crippen LogP contribution in [0.1, 0.15) is 25.1 Å². The number of piperidine rings is 1. The molecule has 1 saturated heterocycles. The number of aromatic nitrogens is 2. The van der Waals surface area contributed by atoms with E-state index in [4.69, 9.17) is 4.74 Å². The van der Waals surface area contributed by atoms with Crippen LogP contribution in [0.25, 0.3) is 11.0 Å². The van der Waals surface area contributed by atoms with Crippen LogP contribution in [0, 0.1) is 5.92 Å². The third kappa shape index (κ3) is 5.57. The van der Waals surface area contributed by atoms with Crippen LogP contribution in [0.3, 0.4) is 0 Å². The number of likely N-dealkylation sites (tertiary alicyclic amines) is 1. The van der Waals surface area contributed by atoms with E-state index in [1.165, 1.54) is 7.11 Å². The Balaban J connectivity index is 0.00000261. The van der Waals surface area contributed by atoms with Crippen molar-refractivity contribution in [2.75, 3.05) is 33.8 Å². The monoisotopic (exact) mass is 485 g/mol. The van der Waals surface area contributed by atoms with Crippen LogP contribution in [-0.4, -0.2) is 60.6 Å². The minimum Gasteiger partial charge on any atom is -0.469 e. The number of H-pyrrole nitrogens is 1. The molecule has 27 heavy (non-hydrogen) atoms. The topological polar surface area (TPSA) is 82.6 Å². The average Bonchev–Trinajstić information content (AvgIpc) is 3.10. The number of hydrogen-bond donors (Lipinski definition) is 2. The Morgan fingerprint density at radius 3 is 2.78 bits per heavy atom. The van der Waals surface area contributed by atoms with Crippen LogP contribution in [0.4, 0.5) is 0 Å². The number of esters is 1. The maximum Gasteiger partial charge on any atom is 0.308 e. The summed E-state index contributed by atoms with van der Waals surface area (Å²) in [5.41, 5.74) is 2.10. The number of hydrogen-bond acceptors (Lipinski definition) is 4. The Labute approximate surface area is 177 Å². The number of carbonyl (C=O) groups is 1. The number of aromatic amines is 1. The molecular weight excluding hydrogens is 457 g/mol. The summed E-state index contributed by atoms with van der Waals surface area (Å²) >= 11 is 0. The Morgan fingerprint density at radius 2 is 2.11 bits per heavy atom. The molecule has 148 valence electrons. The van der Waals surface area contributed by atoms with Crippen molar-refractivity contribution in [2.24, 2.45) is 10.9 Å². The average molecular weight is 485 g/mol. The Bertz CT molecular complexity index is 735. The van der Waals surface area contributed by atoms with Gasteiger partial charge in [-0.2, -0.15) is 0 Å². The number of aryl methyl sites for hydroxylation is 1. The third-order valence-corrected chi connectivity index (χ3v) is 4.85. The summed E-state index contributed by atoms with van der Waals surface area (Å²) < 4.78 is 4.84. The van der Waals surface area contributed by atoms with Gasteiger partial charge in [-0.1, -0.05) is 12.1 Å². The van der Waals surface area contributed by atoms with Crippen LogP contribution >= 0.6 is 24.0 Å². The van der Waals surface area contributed by atoms with Crippen molar-refractivity contribution in [3.63, 3.8) is 0 Å². The first kappa shape index (κ1) is 21.5. The second-order valence-corrected chi connectivity index (χ2v) is 6.56. The molecule has 1 aromatic heterocycles. The summed E-state index contributed by atoms with van der Waals surface area (Å²) in [5.74, 6) is 1.83. The smallest absolute Gasteiger partial charge is 0.308 e. The number of nitrogens with zero attached hydrogens (tertiary/aromatic N) is 3. The van der Waals surface area contributed by atoms with Gasteiger partial charge in [0.05, 0.1) is 24.1 Å². The summed E-state index contributed by atoms with van der Waals surface area (Å²) in [7, 11) is 3.26. The van der Waals surface area contributed by atoms with E-state index in [1.54, 1.807) is 7.05 Å². The van der Waals surface area contributed by atoms with Crippen molar-refractivity contribution in [1.82, 2.24) is 20.2 Å². The highest BCUT2D eigenvalue weighted by atomic mass is 127. The second-order valence-electron chi connectivity index (χ2n) is 6.56. The van der Waals surface area contributed by atoms with Gasteiger partial charge >= 0.3 is 5.97 Å². The van der Waals surface area contributed by atoms with E-state index in [-0.39, 0.29) is 35.9 Å². The molecule has 0 aliphatic carbocycles. The molecule has 2 heterocycles. The lowest BCUT2D eigenvalue weighted by Gasteiger charge is -2.33. The van der Waals surface area contributed by atoms with Gasteiger partial charge in [-0.3, -0.25) is 9.79 Å². The number of nitrogens with one attached hydrogen (secondary N) is 2. The predicted molar refractivity (Wildman–Crippen MR) is 118 cm³/mol. The quantitative estimate of drug-likeness (QED) is 0.224. The van der Waals surface area contributed by atoms with Gasteiger partial charge in [0.2, 0.25) is 0 Å². The van der Waals surface area contributed by atoms with Gasteiger partial charge < -0.3 is 19.9 Å². The Morgan fingerprint density at radius 1 is 1.37 bits per heavy atom. The molecular formula is C19H28IN5O2. The van der Waals surface area contributed by atoms with E-state index in [0.29, 0.717) is 0 Å². The first-order chi connectivity index (χ1) is 12.7. The predicted octanol–water partition coefficient (Wildman–Crippen LogP) is 2.57. The van der Waals surface area contributed by atoms with Gasteiger partial charge in [0.1, 0.15) is 5.82 Å². The van der Waals surface area contributed by atoms with E-state index < -0.39 is 0 Å². The van der Waals surface area contributed by atoms with Crippen LogP contribution in [0.5, 0.6) is 0 Å². The highest BCUT2D eigenvalue weighted by Crippen LogP contribution is 2.18. The zero-order chi connectivity index (χ0) is 18.4. The molecule has 0 radical (unpaired) electrons. The lowest BCUT2D eigenvalue weighted by molar-refractivity contribution is -0.146. The highest BCUT2D eigenvalue weighted by Gasteiger charge is 2.26. The number of aliphatic imine (C=N–C) groups is 1. The number of benzene rings is 1. The van der Waals surface area contributed by atoms with Crippen molar-refractivity contribution in [3.8, 4) is 0 Å². The van der Waals surface area contributed by atoms with Gasteiger partial charge in [-0.05, 0) is 31.4 Å². The number of ether oxygens (including phenoxy) is 1. The highest BCUT2D eigenvalue weighted by molar-refractivity contribution is 14.0. The minimum atomic E-state index is -0.0987. The van der Waals surface area contributed by atoms with E-state index in [1.807, 2.05) is 24.3 Å². The van der Waals surface area contributed by atoms with Crippen molar-refractivity contribution in [2.45, 2.75) is 25.7 Å². The molecule has 1 aliphatic heterocycles. The van der Waals surface area contributed by atoms with Crippen LogP contribution in [-0.2, 0) is 16.0 Å². The van der Waals surface area contributed by atoms with Crippen molar-refractivity contribution in [3.05, 3.63) is 30.1 Å². The standard InChI is InChI=1S/C19H27N5O2.HI/c1-20-19(24-12-9-14(10-13-24)18(25)26-2)21-11-5-8-17-22-15-6-3-4-7-16(15)23-17;/h3-4,6-7,14H,5,8-13H2,1-2H3,(H,20,21)(H,22,23);1H. The fraction of sp³-hybridized carbons (Fsp3) is 0.526. The maximum atomic E-state index is 11.6. The molecule has 0 atom stereocenters. The third-order valence-electron chi connectivity index (χ3n) is 4.85. The Hall–Kier alpha value is -1.84. The summed E-state index contributed by atoms with van der Waals surface area (Å²) in [6, 6.07) is 8.08. The summed E-state index contributed by atoms with van der Waals surface area (Å²) in [6.45, 7) is 2.48. The lowest BCUT2D eigenvalue weighted by atomic mass is 9.97. The van der Waals surface area contributed by atoms with Crippen molar-refractivity contribution in [1.29, 1.82) is 0 Å². The van der Waals surface area contributed by atoms with Crippen molar-refractivity contribution < 1.29 is 9.53 Å². The normalized spacial score (nSPS) is 15.5. The molecule has 0 bridgehead atoms. The first-order valence-electron chi connectivity index (χ1n) is 9.18. The fourth-order valence-corrected chi connectivity index (χ4v) is 3.41.